The fourth-order valence-corrected chi connectivity index (χ4v) is 4.09. The van der Waals surface area contributed by atoms with Crippen molar-refractivity contribution >= 4 is 5.97 Å². The molecule has 0 aliphatic carbocycles. The molecule has 3 aromatic carbocycles. The average molecular weight is 477 g/mol. The number of carbonyl (C=O) groups is 1. The molecule has 0 aliphatic rings. The van der Waals surface area contributed by atoms with E-state index in [0.29, 0.717) is 23.7 Å². The number of benzene rings is 3. The van der Waals surface area contributed by atoms with Crippen LogP contribution in [0.5, 0.6) is 11.5 Å². The quantitative estimate of drug-likeness (QED) is 0.325. The zero-order chi connectivity index (χ0) is 25.6. The molecule has 0 aliphatic heterocycles. The molecule has 1 unspecified atom stereocenters. The molecule has 0 saturated carbocycles. The molecule has 184 valence electrons. The number of rotatable bonds is 9. The summed E-state index contributed by atoms with van der Waals surface area (Å²) in [5, 5.41) is 9.17. The van der Waals surface area contributed by atoms with E-state index in [1.807, 2.05) is 61.5 Å². The van der Waals surface area contributed by atoms with Gasteiger partial charge in [0.25, 0.3) is 0 Å². The molecular formula is C30H33FO4. The van der Waals surface area contributed by atoms with Gasteiger partial charge in [0.05, 0.1) is 13.5 Å². The lowest BCUT2D eigenvalue weighted by Gasteiger charge is -2.24. The predicted molar refractivity (Wildman–Crippen MR) is 138 cm³/mol. The van der Waals surface area contributed by atoms with E-state index in [0.717, 1.165) is 22.3 Å². The van der Waals surface area contributed by atoms with Crippen LogP contribution < -0.4 is 9.47 Å². The zero-order valence-electron chi connectivity index (χ0n) is 21.0. The minimum absolute atomic E-state index is 0.0360. The standard InChI is InChI=1S/C30H33FO4/c1-6-7-22(17-29(32)33)21-9-11-23(12-10-21)35-19-20-8-14-27(30(2,3)4)25(16-20)26-18-24(34-5)13-15-28(26)31/h6-16,18,22H,17,19H2,1-5H3,(H,32,33)/b7-6+. The van der Waals surface area contributed by atoms with Gasteiger partial charge in [0.1, 0.15) is 23.9 Å². The number of carboxylic acids is 1. The molecule has 3 rings (SSSR count). The first kappa shape index (κ1) is 26.0. The van der Waals surface area contributed by atoms with Crippen molar-refractivity contribution in [1.29, 1.82) is 0 Å². The van der Waals surface area contributed by atoms with Crippen LogP contribution in [0.4, 0.5) is 4.39 Å². The Morgan fingerprint density at radius 3 is 2.29 bits per heavy atom. The summed E-state index contributed by atoms with van der Waals surface area (Å²) in [7, 11) is 1.57. The SMILES string of the molecule is C/C=C/C(CC(=O)O)c1ccc(OCc2ccc(C(C)(C)C)c(-c3cc(OC)ccc3F)c2)cc1. The van der Waals surface area contributed by atoms with Gasteiger partial charge in [-0.3, -0.25) is 4.79 Å². The minimum Gasteiger partial charge on any atom is -0.497 e. The monoisotopic (exact) mass is 476 g/mol. The highest BCUT2D eigenvalue weighted by Gasteiger charge is 2.21. The van der Waals surface area contributed by atoms with Gasteiger partial charge in [0.15, 0.2) is 0 Å². The van der Waals surface area contributed by atoms with Crippen LogP contribution in [0.15, 0.2) is 72.8 Å². The number of aliphatic carboxylic acids is 1. The van der Waals surface area contributed by atoms with Crippen molar-refractivity contribution in [3.8, 4) is 22.6 Å². The number of allylic oxidation sites excluding steroid dienone is 2. The minimum atomic E-state index is -0.838. The summed E-state index contributed by atoms with van der Waals surface area (Å²) in [4.78, 5) is 11.2. The topological polar surface area (TPSA) is 55.8 Å². The first-order chi connectivity index (χ1) is 16.6. The Morgan fingerprint density at radius 1 is 1.00 bits per heavy atom. The van der Waals surface area contributed by atoms with Crippen LogP contribution in [0.1, 0.15) is 56.7 Å². The Hall–Kier alpha value is -3.60. The summed E-state index contributed by atoms with van der Waals surface area (Å²) in [6.07, 6.45) is 3.79. The lowest BCUT2D eigenvalue weighted by Crippen LogP contribution is -2.13. The van der Waals surface area contributed by atoms with E-state index < -0.39 is 5.97 Å². The van der Waals surface area contributed by atoms with Gasteiger partial charge in [-0.1, -0.05) is 57.2 Å². The summed E-state index contributed by atoms with van der Waals surface area (Å²) < 4.78 is 26.2. The van der Waals surface area contributed by atoms with Crippen LogP contribution >= 0.6 is 0 Å². The molecule has 1 N–H and O–H groups in total. The van der Waals surface area contributed by atoms with E-state index in [1.165, 1.54) is 6.07 Å². The largest absolute Gasteiger partial charge is 0.497 e. The molecule has 35 heavy (non-hydrogen) atoms. The number of methoxy groups -OCH3 is 1. The van der Waals surface area contributed by atoms with Gasteiger partial charge in [0.2, 0.25) is 0 Å². The van der Waals surface area contributed by atoms with Crippen molar-refractivity contribution in [2.75, 3.05) is 7.11 Å². The summed E-state index contributed by atoms with van der Waals surface area (Å²) in [5.74, 6) is -0.0475. The van der Waals surface area contributed by atoms with Crippen LogP contribution in [0.3, 0.4) is 0 Å². The van der Waals surface area contributed by atoms with E-state index >= 15 is 0 Å². The maximum Gasteiger partial charge on any atom is 0.304 e. The average Bonchev–Trinajstić information content (AvgIpc) is 2.82. The molecule has 0 amide bonds. The fraction of sp³-hybridized carbons (Fsp3) is 0.300. The third kappa shape index (κ3) is 6.72. The Kier molecular flexibility index (Phi) is 8.34. The van der Waals surface area contributed by atoms with E-state index in [2.05, 4.69) is 20.8 Å². The van der Waals surface area contributed by atoms with Gasteiger partial charge >= 0.3 is 5.97 Å². The molecule has 1 atom stereocenters. The van der Waals surface area contributed by atoms with Crippen molar-refractivity contribution in [1.82, 2.24) is 0 Å². The molecule has 0 heterocycles. The smallest absolute Gasteiger partial charge is 0.304 e. The lowest BCUT2D eigenvalue weighted by atomic mass is 9.81. The van der Waals surface area contributed by atoms with Crippen LogP contribution in [0.25, 0.3) is 11.1 Å². The second-order valence-electron chi connectivity index (χ2n) is 9.56. The van der Waals surface area contributed by atoms with Crippen molar-refractivity contribution in [3.63, 3.8) is 0 Å². The number of ether oxygens (including phenoxy) is 2. The third-order valence-electron chi connectivity index (χ3n) is 5.89. The first-order valence-electron chi connectivity index (χ1n) is 11.7. The predicted octanol–water partition coefficient (Wildman–Crippen LogP) is 7.51. The van der Waals surface area contributed by atoms with E-state index in [9.17, 15) is 9.18 Å². The normalized spacial score (nSPS) is 12.5. The van der Waals surface area contributed by atoms with Crippen molar-refractivity contribution in [2.24, 2.45) is 0 Å². The summed E-state index contributed by atoms with van der Waals surface area (Å²) in [6, 6.07) is 18.3. The Bertz CT molecular complexity index is 1190. The Labute approximate surface area is 207 Å². The van der Waals surface area contributed by atoms with E-state index in [1.54, 1.807) is 19.2 Å². The fourth-order valence-electron chi connectivity index (χ4n) is 4.09. The highest BCUT2D eigenvalue weighted by molar-refractivity contribution is 5.71. The Balaban J connectivity index is 1.85. The van der Waals surface area contributed by atoms with Gasteiger partial charge in [0, 0.05) is 11.5 Å². The van der Waals surface area contributed by atoms with Crippen molar-refractivity contribution in [2.45, 2.75) is 52.1 Å². The van der Waals surface area contributed by atoms with Crippen molar-refractivity contribution < 1.29 is 23.8 Å². The zero-order valence-corrected chi connectivity index (χ0v) is 21.0. The molecule has 5 heteroatoms. The highest BCUT2D eigenvalue weighted by atomic mass is 19.1. The van der Waals surface area contributed by atoms with Gasteiger partial charge in [-0.2, -0.15) is 0 Å². The maximum atomic E-state index is 14.9. The van der Waals surface area contributed by atoms with Gasteiger partial charge in [-0.15, -0.1) is 0 Å². The molecule has 3 aromatic rings. The molecular weight excluding hydrogens is 443 g/mol. The third-order valence-corrected chi connectivity index (χ3v) is 5.89. The number of hydrogen-bond donors (Lipinski definition) is 1. The van der Waals surface area contributed by atoms with Crippen LogP contribution in [-0.4, -0.2) is 18.2 Å². The maximum absolute atomic E-state index is 14.9. The second kappa shape index (κ2) is 11.2. The Morgan fingerprint density at radius 2 is 1.69 bits per heavy atom. The molecule has 0 fully saturated rings. The van der Waals surface area contributed by atoms with Crippen LogP contribution in [0.2, 0.25) is 0 Å². The first-order valence-corrected chi connectivity index (χ1v) is 11.7. The highest BCUT2D eigenvalue weighted by Crippen LogP contribution is 2.37. The molecule has 0 bridgehead atoms. The summed E-state index contributed by atoms with van der Waals surface area (Å²) in [5.41, 5.74) is 3.99. The molecule has 0 saturated heterocycles. The molecule has 0 spiro atoms. The molecule has 0 radical (unpaired) electrons. The van der Waals surface area contributed by atoms with Crippen LogP contribution in [0, 0.1) is 5.82 Å². The van der Waals surface area contributed by atoms with Gasteiger partial charge < -0.3 is 14.6 Å². The number of halogens is 1. The summed E-state index contributed by atoms with van der Waals surface area (Å²) in [6.45, 7) is 8.51. The molecule has 4 nitrogen and oxygen atoms in total. The van der Waals surface area contributed by atoms with Crippen molar-refractivity contribution in [3.05, 3.63) is 95.3 Å². The number of carboxylic acid groups (broad SMARTS) is 1. The van der Waals surface area contributed by atoms with Gasteiger partial charge in [-0.25, -0.2) is 4.39 Å². The lowest BCUT2D eigenvalue weighted by molar-refractivity contribution is -0.137. The molecule has 0 aromatic heterocycles. The number of hydrogen-bond acceptors (Lipinski definition) is 3. The second-order valence-corrected chi connectivity index (χ2v) is 9.56. The van der Waals surface area contributed by atoms with Crippen LogP contribution in [-0.2, 0) is 16.8 Å². The summed E-state index contributed by atoms with van der Waals surface area (Å²) >= 11 is 0. The van der Waals surface area contributed by atoms with Gasteiger partial charge in [-0.05, 0) is 71.0 Å². The van der Waals surface area contributed by atoms with E-state index in [-0.39, 0.29) is 23.6 Å². The van der Waals surface area contributed by atoms with E-state index in [4.69, 9.17) is 14.6 Å².